The number of hydrogen-bond acceptors (Lipinski definition) is 3. The summed E-state index contributed by atoms with van der Waals surface area (Å²) >= 11 is 5.98. The minimum atomic E-state index is -0.0623. The number of rotatable bonds is 3. The quantitative estimate of drug-likeness (QED) is 0.851. The summed E-state index contributed by atoms with van der Waals surface area (Å²) in [6, 6.07) is 5.43. The van der Waals surface area contributed by atoms with Gasteiger partial charge in [0.2, 0.25) is 0 Å². The lowest BCUT2D eigenvalue weighted by molar-refractivity contribution is 0.0820. The van der Waals surface area contributed by atoms with Crippen molar-refractivity contribution in [1.82, 2.24) is 10.2 Å². The van der Waals surface area contributed by atoms with Crippen molar-refractivity contribution >= 4 is 17.4 Å². The predicted octanol–water partition coefficient (Wildman–Crippen LogP) is 2.12. The maximum absolute atomic E-state index is 12.4. The van der Waals surface area contributed by atoms with E-state index in [1.165, 1.54) is 0 Å². The SMILES string of the molecule is Cc1cc(C(=O)C(C)N2CCNCC2)ccc1Cl. The summed E-state index contributed by atoms with van der Waals surface area (Å²) in [5.74, 6) is 0.177. The number of Topliss-reactive ketones (excluding diaryl/α,β-unsaturated/α-hetero) is 1. The van der Waals surface area contributed by atoms with Crippen LogP contribution in [-0.2, 0) is 0 Å². The molecule has 1 fully saturated rings. The van der Waals surface area contributed by atoms with E-state index < -0.39 is 0 Å². The van der Waals surface area contributed by atoms with Gasteiger partial charge in [-0.15, -0.1) is 0 Å². The number of aryl methyl sites for hydroxylation is 1. The molecule has 0 aromatic heterocycles. The van der Waals surface area contributed by atoms with Crippen LogP contribution in [0, 0.1) is 6.92 Å². The molecule has 0 saturated carbocycles. The first kappa shape index (κ1) is 13.5. The highest BCUT2D eigenvalue weighted by Gasteiger charge is 2.23. The standard InChI is InChI=1S/C14H19ClN2O/c1-10-9-12(3-4-13(10)15)14(18)11(2)17-7-5-16-6-8-17/h3-4,9,11,16H,5-8H2,1-2H3. The minimum absolute atomic E-state index is 0.0623. The topological polar surface area (TPSA) is 32.3 Å². The van der Waals surface area contributed by atoms with Gasteiger partial charge in [-0.05, 0) is 37.6 Å². The Labute approximate surface area is 113 Å². The van der Waals surface area contributed by atoms with Crippen molar-refractivity contribution < 1.29 is 4.79 Å². The molecule has 1 saturated heterocycles. The highest BCUT2D eigenvalue weighted by atomic mass is 35.5. The number of piperazine rings is 1. The second kappa shape index (κ2) is 5.83. The van der Waals surface area contributed by atoms with Gasteiger partial charge in [-0.25, -0.2) is 0 Å². The van der Waals surface area contributed by atoms with Gasteiger partial charge in [0.1, 0.15) is 0 Å². The normalized spacial score (nSPS) is 18.6. The van der Waals surface area contributed by atoms with Crippen LogP contribution in [0.25, 0.3) is 0 Å². The van der Waals surface area contributed by atoms with Gasteiger partial charge < -0.3 is 5.32 Å². The zero-order valence-electron chi connectivity index (χ0n) is 10.9. The van der Waals surface area contributed by atoms with E-state index >= 15 is 0 Å². The van der Waals surface area contributed by atoms with Crippen LogP contribution < -0.4 is 5.32 Å². The Kier molecular flexibility index (Phi) is 4.38. The molecule has 1 unspecified atom stereocenters. The van der Waals surface area contributed by atoms with Crippen LogP contribution in [0.1, 0.15) is 22.8 Å². The summed E-state index contributed by atoms with van der Waals surface area (Å²) in [5, 5.41) is 4.00. The molecule has 1 aromatic rings. The van der Waals surface area contributed by atoms with Gasteiger partial charge in [-0.2, -0.15) is 0 Å². The number of nitrogens with one attached hydrogen (secondary N) is 1. The average Bonchev–Trinajstić information content (AvgIpc) is 2.41. The molecule has 18 heavy (non-hydrogen) atoms. The van der Waals surface area contributed by atoms with Crippen molar-refractivity contribution in [1.29, 1.82) is 0 Å². The van der Waals surface area contributed by atoms with Crippen molar-refractivity contribution in [3.05, 3.63) is 34.3 Å². The van der Waals surface area contributed by atoms with Crippen LogP contribution in [0.15, 0.2) is 18.2 Å². The summed E-state index contributed by atoms with van der Waals surface area (Å²) in [6.07, 6.45) is 0. The second-order valence-corrected chi connectivity index (χ2v) is 5.20. The Morgan fingerprint density at radius 1 is 1.39 bits per heavy atom. The van der Waals surface area contributed by atoms with Crippen LogP contribution >= 0.6 is 11.6 Å². The molecule has 0 radical (unpaired) electrons. The summed E-state index contributed by atoms with van der Waals surface area (Å²) < 4.78 is 0. The zero-order chi connectivity index (χ0) is 13.1. The Morgan fingerprint density at radius 3 is 2.67 bits per heavy atom. The first-order valence-corrected chi connectivity index (χ1v) is 6.72. The molecule has 1 atom stereocenters. The molecule has 1 N–H and O–H groups in total. The molecular formula is C14H19ClN2O. The molecule has 1 aliphatic rings. The number of carbonyl (C=O) groups excluding carboxylic acids is 1. The highest BCUT2D eigenvalue weighted by molar-refractivity contribution is 6.31. The molecule has 2 rings (SSSR count). The summed E-state index contributed by atoms with van der Waals surface area (Å²) in [6.45, 7) is 7.68. The molecule has 4 heteroatoms. The van der Waals surface area contributed by atoms with Crippen molar-refractivity contribution in [2.45, 2.75) is 19.9 Å². The van der Waals surface area contributed by atoms with E-state index in [1.54, 1.807) is 6.07 Å². The third-order valence-electron chi connectivity index (χ3n) is 3.52. The maximum atomic E-state index is 12.4. The summed E-state index contributed by atoms with van der Waals surface area (Å²) in [7, 11) is 0. The minimum Gasteiger partial charge on any atom is -0.314 e. The second-order valence-electron chi connectivity index (χ2n) is 4.79. The van der Waals surface area contributed by atoms with E-state index in [2.05, 4.69) is 10.2 Å². The predicted molar refractivity (Wildman–Crippen MR) is 74.4 cm³/mol. The first-order chi connectivity index (χ1) is 8.59. The third kappa shape index (κ3) is 2.91. The van der Waals surface area contributed by atoms with E-state index in [1.807, 2.05) is 26.0 Å². The Morgan fingerprint density at radius 2 is 2.06 bits per heavy atom. The maximum Gasteiger partial charge on any atom is 0.179 e. The van der Waals surface area contributed by atoms with Gasteiger partial charge in [0.25, 0.3) is 0 Å². The molecular weight excluding hydrogens is 248 g/mol. The van der Waals surface area contributed by atoms with Crippen LogP contribution in [-0.4, -0.2) is 42.9 Å². The third-order valence-corrected chi connectivity index (χ3v) is 3.95. The molecule has 0 amide bonds. The van der Waals surface area contributed by atoms with E-state index in [4.69, 9.17) is 11.6 Å². The van der Waals surface area contributed by atoms with Crippen molar-refractivity contribution in [2.75, 3.05) is 26.2 Å². The monoisotopic (exact) mass is 266 g/mol. The molecule has 1 heterocycles. The molecule has 0 aliphatic carbocycles. The molecule has 0 bridgehead atoms. The lowest BCUT2D eigenvalue weighted by atomic mass is 10.0. The number of benzene rings is 1. The Hall–Kier alpha value is -0.900. The summed E-state index contributed by atoms with van der Waals surface area (Å²) in [4.78, 5) is 14.6. The fraction of sp³-hybridized carbons (Fsp3) is 0.500. The molecule has 1 aromatic carbocycles. The zero-order valence-corrected chi connectivity index (χ0v) is 11.6. The first-order valence-electron chi connectivity index (χ1n) is 6.34. The highest BCUT2D eigenvalue weighted by Crippen LogP contribution is 2.18. The van der Waals surface area contributed by atoms with E-state index in [0.717, 1.165) is 37.3 Å². The number of halogens is 1. The van der Waals surface area contributed by atoms with E-state index in [0.29, 0.717) is 5.02 Å². The van der Waals surface area contributed by atoms with Gasteiger partial charge in [-0.3, -0.25) is 9.69 Å². The number of carbonyl (C=O) groups is 1. The van der Waals surface area contributed by atoms with Gasteiger partial charge in [0.15, 0.2) is 5.78 Å². The van der Waals surface area contributed by atoms with Gasteiger partial charge in [0, 0.05) is 36.8 Å². The van der Waals surface area contributed by atoms with Gasteiger partial charge >= 0.3 is 0 Å². The largest absolute Gasteiger partial charge is 0.314 e. The van der Waals surface area contributed by atoms with Crippen LogP contribution in [0.4, 0.5) is 0 Å². The van der Waals surface area contributed by atoms with Crippen LogP contribution in [0.2, 0.25) is 5.02 Å². The smallest absolute Gasteiger partial charge is 0.179 e. The number of hydrogen-bond donors (Lipinski definition) is 1. The molecule has 3 nitrogen and oxygen atoms in total. The number of nitrogens with zero attached hydrogens (tertiary/aromatic N) is 1. The average molecular weight is 267 g/mol. The lowest BCUT2D eigenvalue weighted by Crippen LogP contribution is -2.50. The fourth-order valence-electron chi connectivity index (χ4n) is 2.27. The Bertz CT molecular complexity index is 441. The molecule has 0 spiro atoms. The van der Waals surface area contributed by atoms with Crippen molar-refractivity contribution in [3.8, 4) is 0 Å². The van der Waals surface area contributed by atoms with Crippen molar-refractivity contribution in [2.24, 2.45) is 0 Å². The fourth-order valence-corrected chi connectivity index (χ4v) is 2.39. The van der Waals surface area contributed by atoms with Gasteiger partial charge in [-0.1, -0.05) is 11.6 Å². The number of ketones is 1. The van der Waals surface area contributed by atoms with E-state index in [-0.39, 0.29) is 11.8 Å². The molecule has 98 valence electrons. The van der Waals surface area contributed by atoms with Gasteiger partial charge in [0.05, 0.1) is 6.04 Å². The van der Waals surface area contributed by atoms with Crippen molar-refractivity contribution in [3.63, 3.8) is 0 Å². The molecule has 1 aliphatic heterocycles. The van der Waals surface area contributed by atoms with Crippen LogP contribution in [0.3, 0.4) is 0 Å². The van der Waals surface area contributed by atoms with E-state index in [9.17, 15) is 4.79 Å². The Balaban J connectivity index is 2.11. The van der Waals surface area contributed by atoms with Crippen LogP contribution in [0.5, 0.6) is 0 Å². The lowest BCUT2D eigenvalue weighted by Gasteiger charge is -2.31. The summed E-state index contributed by atoms with van der Waals surface area (Å²) in [5.41, 5.74) is 1.71.